The topological polar surface area (TPSA) is 26.3 Å². The van der Waals surface area contributed by atoms with Crippen LogP contribution in [0.15, 0.2) is 0 Å². The number of rotatable bonds is 2. The highest BCUT2D eigenvalue weighted by atomic mass is 79.9. The first-order valence-electron chi connectivity index (χ1n) is 1.97. The maximum Gasteiger partial charge on any atom is 0.329 e. The largest absolute Gasteiger partial charge is 0.468 e. The van der Waals surface area contributed by atoms with Crippen LogP contribution in [-0.4, -0.2) is 23.5 Å². The Morgan fingerprint density at radius 1 is 1.88 bits per heavy atom. The minimum Gasteiger partial charge on any atom is -0.468 e. The fourth-order valence-electron chi connectivity index (χ4n) is 0.189. The van der Waals surface area contributed by atoms with Crippen molar-refractivity contribution in [2.24, 2.45) is 0 Å². The highest BCUT2D eigenvalue weighted by molar-refractivity contribution is 9.11. The molecule has 8 heavy (non-hydrogen) atoms. The van der Waals surface area contributed by atoms with Gasteiger partial charge in [-0.1, -0.05) is 15.9 Å². The highest BCUT2D eigenvalue weighted by Gasteiger charge is 2.11. The Morgan fingerprint density at radius 3 is 2.50 bits per heavy atom. The summed E-state index contributed by atoms with van der Waals surface area (Å²) < 4.78 is 4.18. The molecule has 0 bridgehead atoms. The molecule has 2 nitrogen and oxygen atoms in total. The Bertz CT molecular complexity index is 86.1. The molecule has 0 spiro atoms. The quantitative estimate of drug-likeness (QED) is 0.494. The van der Waals surface area contributed by atoms with E-state index >= 15 is 0 Å². The summed E-state index contributed by atoms with van der Waals surface area (Å²) >= 11 is 4.49. The summed E-state index contributed by atoms with van der Waals surface area (Å²) in [4.78, 5) is 10.5. The monoisotopic (exact) mass is 198 g/mol. The van der Waals surface area contributed by atoms with Crippen molar-refractivity contribution in [3.05, 3.63) is 0 Å². The number of esters is 1. The molecule has 0 aromatic rings. The number of carbonyl (C=O) groups is 1. The molecular formula is C4H7BrO2S. The van der Waals surface area contributed by atoms with E-state index < -0.39 is 0 Å². The number of halogens is 1. The summed E-state index contributed by atoms with van der Waals surface area (Å²) in [6.07, 6.45) is 1.83. The standard InChI is InChI=1S/C4H7BrO2S/c1-7-4(6)3(5)8-2/h3H,1-2H3. The van der Waals surface area contributed by atoms with Crippen LogP contribution in [0.2, 0.25) is 0 Å². The number of methoxy groups -OCH3 is 1. The van der Waals surface area contributed by atoms with Crippen molar-refractivity contribution in [3.8, 4) is 0 Å². The lowest BCUT2D eigenvalue weighted by Gasteiger charge is -2.00. The number of alkyl halides is 1. The van der Waals surface area contributed by atoms with Crippen LogP contribution < -0.4 is 0 Å². The molecule has 0 aliphatic carbocycles. The van der Waals surface area contributed by atoms with Crippen LogP contribution in [0.3, 0.4) is 0 Å². The van der Waals surface area contributed by atoms with E-state index in [-0.39, 0.29) is 10.1 Å². The van der Waals surface area contributed by atoms with Gasteiger partial charge in [0.05, 0.1) is 7.11 Å². The van der Waals surface area contributed by atoms with Crippen LogP contribution in [0.25, 0.3) is 0 Å². The summed E-state index contributed by atoms with van der Waals surface area (Å²) in [6, 6.07) is 0. The van der Waals surface area contributed by atoms with Gasteiger partial charge in [-0.2, -0.15) is 0 Å². The predicted molar refractivity (Wildman–Crippen MR) is 38.2 cm³/mol. The van der Waals surface area contributed by atoms with Gasteiger partial charge in [-0.05, 0) is 6.26 Å². The van der Waals surface area contributed by atoms with Crippen molar-refractivity contribution >= 4 is 33.7 Å². The van der Waals surface area contributed by atoms with E-state index in [9.17, 15) is 4.79 Å². The lowest BCUT2D eigenvalue weighted by Crippen LogP contribution is -2.10. The second-order valence-corrected chi connectivity index (χ2v) is 3.54. The molecule has 0 aromatic heterocycles. The van der Waals surface area contributed by atoms with Crippen molar-refractivity contribution in [2.45, 2.75) is 4.16 Å². The maximum absolute atomic E-state index is 10.5. The zero-order valence-electron chi connectivity index (χ0n) is 4.68. The molecule has 0 heterocycles. The van der Waals surface area contributed by atoms with E-state index in [1.54, 1.807) is 0 Å². The maximum atomic E-state index is 10.5. The van der Waals surface area contributed by atoms with Gasteiger partial charge < -0.3 is 4.74 Å². The lowest BCUT2D eigenvalue weighted by atomic mass is 10.8. The van der Waals surface area contributed by atoms with Crippen LogP contribution in [0.5, 0.6) is 0 Å². The van der Waals surface area contributed by atoms with Gasteiger partial charge in [-0.15, -0.1) is 11.8 Å². The molecule has 0 saturated carbocycles. The Balaban J connectivity index is 3.46. The van der Waals surface area contributed by atoms with E-state index in [4.69, 9.17) is 0 Å². The van der Waals surface area contributed by atoms with E-state index in [2.05, 4.69) is 20.7 Å². The first-order valence-corrected chi connectivity index (χ1v) is 4.17. The second-order valence-electron chi connectivity index (χ2n) is 1.07. The molecule has 0 aliphatic rings. The van der Waals surface area contributed by atoms with Crippen LogP contribution >= 0.6 is 27.7 Å². The number of hydrogen-bond acceptors (Lipinski definition) is 3. The third-order valence-electron chi connectivity index (χ3n) is 0.593. The van der Waals surface area contributed by atoms with Gasteiger partial charge in [-0.3, -0.25) is 0 Å². The minimum absolute atomic E-state index is 0.215. The molecule has 0 saturated heterocycles. The zero-order chi connectivity index (χ0) is 6.57. The lowest BCUT2D eigenvalue weighted by molar-refractivity contribution is -0.138. The first kappa shape index (κ1) is 8.30. The molecule has 0 rings (SSSR count). The van der Waals surface area contributed by atoms with Crippen LogP contribution in [0.1, 0.15) is 0 Å². The predicted octanol–water partition coefficient (Wildman–Crippen LogP) is 1.24. The molecule has 0 radical (unpaired) electrons. The van der Waals surface area contributed by atoms with Crippen LogP contribution in [0.4, 0.5) is 0 Å². The summed E-state index contributed by atoms with van der Waals surface area (Å²) in [7, 11) is 1.37. The Kier molecular flexibility index (Phi) is 4.36. The molecule has 1 atom stereocenters. The fourth-order valence-corrected chi connectivity index (χ4v) is 0.664. The number of ether oxygens (including phenoxy) is 1. The van der Waals surface area contributed by atoms with Crippen molar-refractivity contribution in [1.82, 2.24) is 0 Å². The molecule has 0 amide bonds. The molecule has 0 aromatic carbocycles. The average molecular weight is 199 g/mol. The van der Waals surface area contributed by atoms with Crippen molar-refractivity contribution in [3.63, 3.8) is 0 Å². The van der Waals surface area contributed by atoms with Crippen LogP contribution in [0, 0.1) is 0 Å². The number of hydrogen-bond donors (Lipinski definition) is 0. The average Bonchev–Trinajstić information content (AvgIpc) is 1.84. The van der Waals surface area contributed by atoms with E-state index in [1.807, 2.05) is 6.26 Å². The van der Waals surface area contributed by atoms with Gasteiger partial charge in [0, 0.05) is 0 Å². The minimum atomic E-state index is -0.238. The Morgan fingerprint density at radius 2 is 2.38 bits per heavy atom. The summed E-state index contributed by atoms with van der Waals surface area (Å²) in [5.74, 6) is -0.238. The van der Waals surface area contributed by atoms with Crippen molar-refractivity contribution < 1.29 is 9.53 Å². The van der Waals surface area contributed by atoms with Gasteiger partial charge in [0.2, 0.25) is 0 Å². The number of carbonyl (C=O) groups excluding carboxylic acids is 1. The molecule has 0 N–H and O–H groups in total. The summed E-state index contributed by atoms with van der Waals surface area (Å²) in [5, 5.41) is 0. The number of thioether (sulfide) groups is 1. The normalized spacial score (nSPS) is 12.9. The summed E-state index contributed by atoms with van der Waals surface area (Å²) in [5.41, 5.74) is 0. The van der Waals surface area contributed by atoms with E-state index in [0.717, 1.165) is 0 Å². The molecule has 4 heteroatoms. The summed E-state index contributed by atoms with van der Waals surface area (Å²) in [6.45, 7) is 0. The van der Waals surface area contributed by atoms with Gasteiger partial charge in [-0.25, -0.2) is 4.79 Å². The van der Waals surface area contributed by atoms with E-state index in [1.165, 1.54) is 18.9 Å². The second kappa shape index (κ2) is 4.21. The third kappa shape index (κ3) is 2.57. The highest BCUT2D eigenvalue weighted by Crippen LogP contribution is 2.14. The van der Waals surface area contributed by atoms with Crippen molar-refractivity contribution in [1.29, 1.82) is 0 Å². The fraction of sp³-hybridized carbons (Fsp3) is 0.750. The molecule has 1 unspecified atom stereocenters. The molecule has 0 aliphatic heterocycles. The third-order valence-corrected chi connectivity index (χ3v) is 2.70. The first-order chi connectivity index (χ1) is 3.72. The molecule has 0 fully saturated rings. The molecular weight excluding hydrogens is 192 g/mol. The van der Waals surface area contributed by atoms with Gasteiger partial charge in [0.25, 0.3) is 0 Å². The molecule has 48 valence electrons. The van der Waals surface area contributed by atoms with Crippen molar-refractivity contribution in [2.75, 3.05) is 13.4 Å². The van der Waals surface area contributed by atoms with E-state index in [0.29, 0.717) is 0 Å². The van der Waals surface area contributed by atoms with Gasteiger partial charge in [0.1, 0.15) is 0 Å². The Labute approximate surface area is 61.1 Å². The smallest absolute Gasteiger partial charge is 0.329 e. The zero-order valence-corrected chi connectivity index (χ0v) is 7.08. The van der Waals surface area contributed by atoms with Crippen LogP contribution in [-0.2, 0) is 9.53 Å². The van der Waals surface area contributed by atoms with Gasteiger partial charge >= 0.3 is 5.97 Å². The van der Waals surface area contributed by atoms with Gasteiger partial charge in [0.15, 0.2) is 4.16 Å². The Hall–Kier alpha value is 0.300. The SMILES string of the molecule is COC(=O)C(Br)SC.